The van der Waals surface area contributed by atoms with E-state index in [1.165, 1.54) is 19.2 Å². The molecule has 0 aliphatic rings. The second-order valence-corrected chi connectivity index (χ2v) is 6.54. The third kappa shape index (κ3) is 4.78. The zero-order chi connectivity index (χ0) is 19.8. The lowest BCUT2D eigenvalue weighted by molar-refractivity contribution is -0.384. The SMILES string of the molecule is CCCCCCOc1c(OC)c2ccc([N+](=O)[O-])cc2n(CCCC)c1=O. The van der Waals surface area contributed by atoms with Gasteiger partial charge in [0.05, 0.1) is 24.2 Å². The molecule has 148 valence electrons. The quantitative estimate of drug-likeness (QED) is 0.323. The van der Waals surface area contributed by atoms with Crippen molar-refractivity contribution in [1.82, 2.24) is 4.57 Å². The normalized spacial score (nSPS) is 10.9. The van der Waals surface area contributed by atoms with E-state index in [2.05, 4.69) is 6.92 Å². The number of pyridine rings is 1. The number of ether oxygens (including phenoxy) is 2. The molecule has 0 aliphatic carbocycles. The molecule has 0 aliphatic heterocycles. The van der Waals surface area contributed by atoms with Crippen molar-refractivity contribution in [3.8, 4) is 11.5 Å². The van der Waals surface area contributed by atoms with Crippen molar-refractivity contribution in [3.05, 3.63) is 38.7 Å². The van der Waals surface area contributed by atoms with Gasteiger partial charge >= 0.3 is 0 Å². The third-order valence-corrected chi connectivity index (χ3v) is 4.56. The van der Waals surface area contributed by atoms with E-state index in [0.29, 0.717) is 29.8 Å². The first kappa shape index (κ1) is 20.7. The summed E-state index contributed by atoms with van der Waals surface area (Å²) in [6, 6.07) is 4.47. The Morgan fingerprint density at radius 3 is 2.44 bits per heavy atom. The van der Waals surface area contributed by atoms with Crippen molar-refractivity contribution in [2.75, 3.05) is 13.7 Å². The van der Waals surface area contributed by atoms with Crippen LogP contribution in [-0.2, 0) is 6.54 Å². The van der Waals surface area contributed by atoms with Gasteiger partial charge in [-0.05, 0) is 18.9 Å². The molecule has 0 fully saturated rings. The van der Waals surface area contributed by atoms with Gasteiger partial charge in [0.1, 0.15) is 0 Å². The molecule has 2 aromatic rings. The fourth-order valence-electron chi connectivity index (χ4n) is 3.07. The molecule has 7 heteroatoms. The predicted molar refractivity (Wildman–Crippen MR) is 106 cm³/mol. The molecule has 1 aromatic carbocycles. The molecule has 0 saturated heterocycles. The van der Waals surface area contributed by atoms with Crippen LogP contribution in [0, 0.1) is 10.1 Å². The maximum absolute atomic E-state index is 13.1. The van der Waals surface area contributed by atoms with E-state index >= 15 is 0 Å². The van der Waals surface area contributed by atoms with Gasteiger partial charge in [0.15, 0.2) is 5.75 Å². The van der Waals surface area contributed by atoms with Gasteiger partial charge in [0, 0.05) is 24.1 Å². The Bertz CT molecular complexity index is 844. The topological polar surface area (TPSA) is 83.6 Å². The summed E-state index contributed by atoms with van der Waals surface area (Å²) in [5.74, 6) is 0.527. The molecule has 7 nitrogen and oxygen atoms in total. The first-order valence-corrected chi connectivity index (χ1v) is 9.56. The van der Waals surface area contributed by atoms with Crippen LogP contribution in [-0.4, -0.2) is 23.2 Å². The minimum Gasteiger partial charge on any atom is -0.492 e. The maximum atomic E-state index is 13.1. The highest BCUT2D eigenvalue weighted by molar-refractivity contribution is 5.89. The Morgan fingerprint density at radius 2 is 1.81 bits per heavy atom. The minimum atomic E-state index is -0.460. The fourth-order valence-corrected chi connectivity index (χ4v) is 3.07. The number of aromatic nitrogens is 1. The predicted octanol–water partition coefficient (Wildman–Crippen LogP) is 4.68. The molecule has 0 spiro atoms. The van der Waals surface area contributed by atoms with Gasteiger partial charge in [0.2, 0.25) is 5.75 Å². The van der Waals surface area contributed by atoms with Crippen LogP contribution >= 0.6 is 0 Å². The molecule has 2 rings (SSSR count). The third-order valence-electron chi connectivity index (χ3n) is 4.56. The molecule has 0 atom stereocenters. The fraction of sp³-hybridized carbons (Fsp3) is 0.550. The number of methoxy groups -OCH3 is 1. The van der Waals surface area contributed by atoms with E-state index in [9.17, 15) is 14.9 Å². The summed E-state index contributed by atoms with van der Waals surface area (Å²) in [6.07, 6.45) is 5.86. The zero-order valence-electron chi connectivity index (χ0n) is 16.3. The number of hydrogen-bond acceptors (Lipinski definition) is 5. The number of rotatable bonds is 11. The Morgan fingerprint density at radius 1 is 1.07 bits per heavy atom. The molecule has 0 bridgehead atoms. The molecule has 0 saturated carbocycles. The summed E-state index contributed by atoms with van der Waals surface area (Å²) >= 11 is 0. The second-order valence-electron chi connectivity index (χ2n) is 6.54. The van der Waals surface area contributed by atoms with Crippen LogP contribution in [0.3, 0.4) is 0 Å². The summed E-state index contributed by atoms with van der Waals surface area (Å²) in [7, 11) is 1.48. The molecule has 1 heterocycles. The highest BCUT2D eigenvalue weighted by Gasteiger charge is 2.21. The lowest BCUT2D eigenvalue weighted by Crippen LogP contribution is -2.24. The molecule has 0 unspecified atom stereocenters. The molecule has 1 aromatic heterocycles. The van der Waals surface area contributed by atoms with Crippen LogP contribution in [0.25, 0.3) is 10.9 Å². The number of nitro benzene ring substituents is 1. The lowest BCUT2D eigenvalue weighted by Gasteiger charge is -2.17. The van der Waals surface area contributed by atoms with Gasteiger partial charge in [-0.3, -0.25) is 14.9 Å². The number of aryl methyl sites for hydroxylation is 1. The van der Waals surface area contributed by atoms with E-state index < -0.39 is 4.92 Å². The van der Waals surface area contributed by atoms with Gasteiger partial charge in [-0.25, -0.2) is 0 Å². The molecule has 27 heavy (non-hydrogen) atoms. The maximum Gasteiger partial charge on any atom is 0.297 e. The Balaban J connectivity index is 2.54. The van der Waals surface area contributed by atoms with Crippen molar-refractivity contribution in [2.45, 2.75) is 58.9 Å². The highest BCUT2D eigenvalue weighted by atomic mass is 16.6. The van der Waals surface area contributed by atoms with Crippen LogP contribution in [0.2, 0.25) is 0 Å². The smallest absolute Gasteiger partial charge is 0.297 e. The monoisotopic (exact) mass is 376 g/mol. The average Bonchev–Trinajstić information content (AvgIpc) is 2.67. The van der Waals surface area contributed by atoms with Crippen LogP contribution in [0.15, 0.2) is 23.0 Å². The van der Waals surface area contributed by atoms with Gasteiger partial charge in [-0.1, -0.05) is 39.5 Å². The van der Waals surface area contributed by atoms with E-state index in [-0.39, 0.29) is 17.0 Å². The number of benzene rings is 1. The molecular weight excluding hydrogens is 348 g/mol. The van der Waals surface area contributed by atoms with Crippen molar-refractivity contribution in [2.24, 2.45) is 0 Å². The summed E-state index contributed by atoms with van der Waals surface area (Å²) in [6.45, 7) is 5.09. The molecule has 0 amide bonds. The number of nitro groups is 1. The Hall–Kier alpha value is -2.57. The molecule has 0 N–H and O–H groups in total. The van der Waals surface area contributed by atoms with Gasteiger partial charge in [-0.15, -0.1) is 0 Å². The largest absolute Gasteiger partial charge is 0.492 e. The van der Waals surface area contributed by atoms with Gasteiger partial charge in [0.25, 0.3) is 11.2 Å². The van der Waals surface area contributed by atoms with E-state index in [4.69, 9.17) is 9.47 Å². The summed E-state index contributed by atoms with van der Waals surface area (Å²) in [4.78, 5) is 23.8. The number of hydrogen-bond donors (Lipinski definition) is 0. The first-order chi connectivity index (χ1) is 13.0. The summed E-state index contributed by atoms with van der Waals surface area (Å²) in [5, 5.41) is 11.8. The number of nitrogens with zero attached hydrogens (tertiary/aromatic N) is 2. The number of unbranched alkanes of at least 4 members (excludes halogenated alkanes) is 4. The van der Waals surface area contributed by atoms with Gasteiger partial charge < -0.3 is 14.0 Å². The average molecular weight is 376 g/mol. The Kier molecular flexibility index (Phi) is 7.64. The van der Waals surface area contributed by atoms with E-state index in [0.717, 1.165) is 38.5 Å². The lowest BCUT2D eigenvalue weighted by atomic mass is 10.1. The molecular formula is C20H28N2O5. The van der Waals surface area contributed by atoms with Crippen LogP contribution in [0.5, 0.6) is 11.5 Å². The van der Waals surface area contributed by atoms with Crippen molar-refractivity contribution in [3.63, 3.8) is 0 Å². The summed E-state index contributed by atoms with van der Waals surface area (Å²) in [5.41, 5.74) is 0.143. The second kappa shape index (κ2) is 9.94. The van der Waals surface area contributed by atoms with Crippen LogP contribution in [0.1, 0.15) is 52.4 Å². The van der Waals surface area contributed by atoms with Crippen molar-refractivity contribution < 1.29 is 14.4 Å². The first-order valence-electron chi connectivity index (χ1n) is 9.56. The zero-order valence-corrected chi connectivity index (χ0v) is 16.3. The number of non-ortho nitro benzene ring substituents is 1. The van der Waals surface area contributed by atoms with Gasteiger partial charge in [-0.2, -0.15) is 0 Å². The van der Waals surface area contributed by atoms with E-state index in [1.807, 2.05) is 6.92 Å². The van der Waals surface area contributed by atoms with Crippen LogP contribution < -0.4 is 15.0 Å². The van der Waals surface area contributed by atoms with E-state index in [1.54, 1.807) is 10.6 Å². The van der Waals surface area contributed by atoms with Crippen LogP contribution in [0.4, 0.5) is 5.69 Å². The van der Waals surface area contributed by atoms with Crippen molar-refractivity contribution in [1.29, 1.82) is 0 Å². The van der Waals surface area contributed by atoms with Crippen molar-refractivity contribution >= 4 is 16.6 Å². The summed E-state index contributed by atoms with van der Waals surface area (Å²) < 4.78 is 12.9. The molecule has 0 radical (unpaired) electrons. The minimum absolute atomic E-state index is 0.0533. The highest BCUT2D eigenvalue weighted by Crippen LogP contribution is 2.34. The standard InChI is InChI=1S/C20H28N2O5/c1-4-6-8-9-13-27-19-18(26-3)16-11-10-15(22(24)25)14-17(16)21(20(19)23)12-7-5-2/h10-11,14H,4-9,12-13H2,1-3H3. The number of fused-ring (bicyclic) bond motifs is 1. The Labute approximate surface area is 159 Å².